The number of halogens is 3. The number of benzene rings is 2. The number of hydrogen-bond donors (Lipinski definition) is 2. The molecule has 0 aliphatic carbocycles. The summed E-state index contributed by atoms with van der Waals surface area (Å²) in [6.45, 7) is -0.637. The van der Waals surface area contributed by atoms with Crippen LogP contribution in [-0.2, 0) is 18.0 Å². The Kier molecular flexibility index (Phi) is 5.04. The molecule has 0 aliphatic heterocycles. The standard InChI is InChI=1S/C18H15F3N4O/c19-9-11-1-4-14-16(5-6-18(26)23-22)24-25(17(14)7-11)10-12-2-3-13(20)8-15(12)21/h1-8H,9-10,22H2,(H,23,26). The van der Waals surface area contributed by atoms with Crippen LogP contribution in [0.5, 0.6) is 0 Å². The van der Waals surface area contributed by atoms with E-state index in [1.165, 1.54) is 22.9 Å². The van der Waals surface area contributed by atoms with Gasteiger partial charge in [0.15, 0.2) is 0 Å². The highest BCUT2D eigenvalue weighted by molar-refractivity contribution is 5.95. The molecule has 0 atom stereocenters. The third-order valence-corrected chi connectivity index (χ3v) is 3.87. The second kappa shape index (κ2) is 7.40. The van der Waals surface area contributed by atoms with Crippen LogP contribution in [0.15, 0.2) is 42.5 Å². The van der Waals surface area contributed by atoms with E-state index < -0.39 is 24.2 Å². The Labute approximate surface area is 146 Å². The van der Waals surface area contributed by atoms with Crippen molar-refractivity contribution in [3.05, 3.63) is 70.9 Å². The Morgan fingerprint density at radius 2 is 2.04 bits per heavy atom. The summed E-state index contributed by atoms with van der Waals surface area (Å²) >= 11 is 0. The van der Waals surface area contributed by atoms with Crippen molar-refractivity contribution in [1.82, 2.24) is 15.2 Å². The van der Waals surface area contributed by atoms with Crippen LogP contribution in [0.3, 0.4) is 0 Å². The van der Waals surface area contributed by atoms with Gasteiger partial charge >= 0.3 is 0 Å². The molecule has 0 fully saturated rings. The second-order valence-corrected chi connectivity index (χ2v) is 5.61. The van der Waals surface area contributed by atoms with Gasteiger partial charge in [-0.3, -0.25) is 14.9 Å². The lowest BCUT2D eigenvalue weighted by Crippen LogP contribution is -2.27. The molecule has 0 radical (unpaired) electrons. The molecule has 0 spiro atoms. The van der Waals surface area contributed by atoms with Crippen molar-refractivity contribution in [2.24, 2.45) is 5.84 Å². The van der Waals surface area contributed by atoms with E-state index in [2.05, 4.69) is 5.10 Å². The summed E-state index contributed by atoms with van der Waals surface area (Å²) < 4.78 is 41.5. The van der Waals surface area contributed by atoms with Gasteiger partial charge in [0.05, 0.1) is 17.8 Å². The predicted octanol–water partition coefficient (Wildman–Crippen LogP) is 2.84. The zero-order valence-corrected chi connectivity index (χ0v) is 13.5. The molecule has 26 heavy (non-hydrogen) atoms. The summed E-state index contributed by atoms with van der Waals surface area (Å²) in [5.74, 6) is 3.14. The van der Waals surface area contributed by atoms with Crippen molar-refractivity contribution >= 4 is 22.9 Å². The monoisotopic (exact) mass is 360 g/mol. The highest BCUT2D eigenvalue weighted by Gasteiger charge is 2.12. The van der Waals surface area contributed by atoms with Crippen molar-refractivity contribution < 1.29 is 18.0 Å². The molecule has 0 saturated carbocycles. The van der Waals surface area contributed by atoms with Gasteiger partial charge in [0.25, 0.3) is 5.91 Å². The molecule has 134 valence electrons. The Hall–Kier alpha value is -3.13. The highest BCUT2D eigenvalue weighted by atomic mass is 19.1. The van der Waals surface area contributed by atoms with E-state index in [9.17, 15) is 18.0 Å². The zero-order valence-electron chi connectivity index (χ0n) is 13.5. The van der Waals surface area contributed by atoms with Crippen molar-refractivity contribution in [1.29, 1.82) is 0 Å². The Bertz CT molecular complexity index is 998. The number of nitrogens with two attached hydrogens (primary N) is 1. The highest BCUT2D eigenvalue weighted by Crippen LogP contribution is 2.23. The SMILES string of the molecule is NNC(=O)C=Cc1nn(Cc2ccc(F)cc2F)c2cc(CF)ccc12. The average molecular weight is 360 g/mol. The van der Waals surface area contributed by atoms with E-state index in [1.54, 1.807) is 18.2 Å². The summed E-state index contributed by atoms with van der Waals surface area (Å²) in [6, 6.07) is 8.16. The van der Waals surface area contributed by atoms with E-state index in [-0.39, 0.29) is 12.1 Å². The van der Waals surface area contributed by atoms with Crippen LogP contribution in [0.25, 0.3) is 17.0 Å². The molecule has 8 heteroatoms. The van der Waals surface area contributed by atoms with E-state index in [0.29, 0.717) is 22.2 Å². The third-order valence-electron chi connectivity index (χ3n) is 3.87. The van der Waals surface area contributed by atoms with Crippen LogP contribution < -0.4 is 11.3 Å². The summed E-state index contributed by atoms with van der Waals surface area (Å²) in [7, 11) is 0. The molecule has 2 aromatic carbocycles. The maximum absolute atomic E-state index is 14.0. The maximum atomic E-state index is 14.0. The fourth-order valence-corrected chi connectivity index (χ4v) is 2.59. The first-order valence-corrected chi connectivity index (χ1v) is 7.70. The molecular formula is C18H15F3N4O. The lowest BCUT2D eigenvalue weighted by atomic mass is 10.1. The Balaban J connectivity index is 2.08. The van der Waals surface area contributed by atoms with Crippen molar-refractivity contribution in [2.45, 2.75) is 13.2 Å². The molecule has 0 saturated heterocycles. The summed E-state index contributed by atoms with van der Waals surface area (Å²) in [6.07, 6.45) is 2.66. The summed E-state index contributed by atoms with van der Waals surface area (Å²) in [4.78, 5) is 11.3. The van der Waals surface area contributed by atoms with Gasteiger partial charge in [0, 0.05) is 23.1 Å². The van der Waals surface area contributed by atoms with E-state index in [1.807, 2.05) is 5.43 Å². The number of rotatable bonds is 5. The summed E-state index contributed by atoms with van der Waals surface area (Å²) in [5, 5.41) is 5.01. The second-order valence-electron chi connectivity index (χ2n) is 5.61. The molecule has 0 bridgehead atoms. The van der Waals surface area contributed by atoms with E-state index in [4.69, 9.17) is 5.84 Å². The minimum absolute atomic E-state index is 0.0231. The quantitative estimate of drug-likeness (QED) is 0.318. The number of amides is 1. The molecule has 5 nitrogen and oxygen atoms in total. The van der Waals surface area contributed by atoms with Crippen LogP contribution in [0.4, 0.5) is 13.2 Å². The van der Waals surface area contributed by atoms with Gasteiger partial charge in [-0.25, -0.2) is 19.0 Å². The first-order chi connectivity index (χ1) is 12.5. The number of hydrazine groups is 1. The number of fused-ring (bicyclic) bond motifs is 1. The smallest absolute Gasteiger partial charge is 0.257 e. The van der Waals surface area contributed by atoms with Crippen LogP contribution >= 0.6 is 0 Å². The van der Waals surface area contributed by atoms with Gasteiger partial charge in [-0.2, -0.15) is 5.10 Å². The van der Waals surface area contributed by atoms with Gasteiger partial charge in [-0.05, 0) is 23.8 Å². The Morgan fingerprint density at radius 3 is 2.73 bits per heavy atom. The fourth-order valence-electron chi connectivity index (χ4n) is 2.59. The number of hydrogen-bond acceptors (Lipinski definition) is 3. The van der Waals surface area contributed by atoms with Crippen molar-refractivity contribution in [3.8, 4) is 0 Å². The van der Waals surface area contributed by atoms with Gasteiger partial charge in [0.1, 0.15) is 18.3 Å². The fraction of sp³-hybridized carbons (Fsp3) is 0.111. The molecule has 3 N–H and O–H groups in total. The first-order valence-electron chi connectivity index (χ1n) is 7.70. The molecule has 3 rings (SSSR count). The molecule has 0 unspecified atom stereocenters. The van der Waals surface area contributed by atoms with Gasteiger partial charge < -0.3 is 0 Å². The largest absolute Gasteiger partial charge is 0.291 e. The number of carbonyl (C=O) groups is 1. The molecule has 0 aliphatic rings. The average Bonchev–Trinajstić information content (AvgIpc) is 2.98. The van der Waals surface area contributed by atoms with E-state index in [0.717, 1.165) is 12.1 Å². The van der Waals surface area contributed by atoms with Crippen molar-refractivity contribution in [2.75, 3.05) is 0 Å². The topological polar surface area (TPSA) is 72.9 Å². The number of aromatic nitrogens is 2. The van der Waals surface area contributed by atoms with Gasteiger partial charge in [-0.1, -0.05) is 18.2 Å². The van der Waals surface area contributed by atoms with Crippen LogP contribution in [-0.4, -0.2) is 15.7 Å². The molecule has 1 aromatic heterocycles. The van der Waals surface area contributed by atoms with Gasteiger partial charge in [-0.15, -0.1) is 0 Å². The predicted molar refractivity (Wildman–Crippen MR) is 91.4 cm³/mol. The Morgan fingerprint density at radius 1 is 1.23 bits per heavy atom. The number of nitrogens with one attached hydrogen (secondary N) is 1. The molecule has 3 aromatic rings. The van der Waals surface area contributed by atoms with Crippen LogP contribution in [0.2, 0.25) is 0 Å². The summed E-state index contributed by atoms with van der Waals surface area (Å²) in [5.41, 5.74) is 3.64. The molecular weight excluding hydrogens is 345 g/mol. The first kappa shape index (κ1) is 17.7. The molecule has 1 amide bonds. The number of alkyl halides is 1. The number of carbonyl (C=O) groups excluding carboxylic acids is 1. The number of nitrogens with zero attached hydrogens (tertiary/aromatic N) is 2. The van der Waals surface area contributed by atoms with Crippen LogP contribution in [0.1, 0.15) is 16.8 Å². The van der Waals surface area contributed by atoms with Gasteiger partial charge in [0.2, 0.25) is 0 Å². The van der Waals surface area contributed by atoms with Crippen LogP contribution in [0, 0.1) is 11.6 Å². The lowest BCUT2D eigenvalue weighted by Gasteiger charge is -2.06. The lowest BCUT2D eigenvalue weighted by molar-refractivity contribution is -0.116. The zero-order chi connectivity index (χ0) is 18.7. The normalized spacial score (nSPS) is 11.4. The third kappa shape index (κ3) is 3.60. The molecule has 1 heterocycles. The minimum Gasteiger partial charge on any atom is -0.291 e. The van der Waals surface area contributed by atoms with E-state index >= 15 is 0 Å². The van der Waals surface area contributed by atoms with Crippen molar-refractivity contribution in [3.63, 3.8) is 0 Å². The maximum Gasteiger partial charge on any atom is 0.257 e. The minimum atomic E-state index is -0.699.